The number of alkyl halides is 1. The average Bonchev–Trinajstić information content (AvgIpc) is 2.82. The minimum absolute atomic E-state index is 0.0111. The summed E-state index contributed by atoms with van der Waals surface area (Å²) >= 11 is 0. The van der Waals surface area contributed by atoms with Crippen LogP contribution in [0.3, 0.4) is 0 Å². The smallest absolute Gasteiger partial charge is 0.327 e. The Balaban J connectivity index is 2.18. The van der Waals surface area contributed by atoms with Gasteiger partial charge in [-0.15, -0.1) is 0 Å². The summed E-state index contributed by atoms with van der Waals surface area (Å²) in [6.45, 7) is 4.76. The number of carbonyl (C=O) groups is 3. The van der Waals surface area contributed by atoms with Crippen LogP contribution in [0.25, 0.3) is 0 Å². The van der Waals surface area contributed by atoms with E-state index in [0.29, 0.717) is 10.5 Å². The molecule has 0 aliphatic rings. The quantitative estimate of drug-likeness (QED) is 0.322. The molecule has 3 rings (SSSR count). The third-order valence-corrected chi connectivity index (χ3v) is 4.95. The fourth-order valence-electron chi connectivity index (χ4n) is 3.38. The van der Waals surface area contributed by atoms with Gasteiger partial charge in [-0.1, -0.05) is 78.9 Å². The molecule has 0 heterocycles. The van der Waals surface area contributed by atoms with Gasteiger partial charge in [0.25, 0.3) is 11.8 Å². The normalized spacial score (nSPS) is 13.0. The molecule has 0 saturated heterocycles. The van der Waals surface area contributed by atoms with Gasteiger partial charge in [0.05, 0.1) is 6.54 Å². The van der Waals surface area contributed by atoms with E-state index in [4.69, 9.17) is 0 Å². The molecule has 170 valence electrons. The average molecular weight is 447 g/mol. The van der Waals surface area contributed by atoms with Gasteiger partial charge >= 0.3 is 5.79 Å². The van der Waals surface area contributed by atoms with Crippen molar-refractivity contribution in [1.29, 1.82) is 0 Å². The Morgan fingerprint density at radius 1 is 0.758 bits per heavy atom. The van der Waals surface area contributed by atoms with Gasteiger partial charge in [-0.3, -0.25) is 19.3 Å². The van der Waals surface area contributed by atoms with Crippen LogP contribution in [0.1, 0.15) is 47.1 Å². The Kier molecular flexibility index (Phi) is 7.07. The summed E-state index contributed by atoms with van der Waals surface area (Å²) in [5.41, 5.74) is -0.101. The van der Waals surface area contributed by atoms with E-state index in [1.807, 2.05) is 0 Å². The lowest BCUT2D eigenvalue weighted by molar-refractivity contribution is -0.140. The first-order valence-corrected chi connectivity index (χ1v) is 10.7. The summed E-state index contributed by atoms with van der Waals surface area (Å²) in [7, 11) is 0. The van der Waals surface area contributed by atoms with Crippen LogP contribution in [0.2, 0.25) is 0 Å². The van der Waals surface area contributed by atoms with Crippen molar-refractivity contribution < 1.29 is 18.8 Å². The Labute approximate surface area is 193 Å². The van der Waals surface area contributed by atoms with Crippen molar-refractivity contribution in [2.75, 3.05) is 0 Å². The first-order valence-electron chi connectivity index (χ1n) is 10.7. The van der Waals surface area contributed by atoms with E-state index < -0.39 is 28.9 Å². The number of ketones is 1. The summed E-state index contributed by atoms with van der Waals surface area (Å²) in [5.74, 6) is -6.35. The summed E-state index contributed by atoms with van der Waals surface area (Å²) < 4.78 is 17.0. The minimum Gasteiger partial charge on any atom is -0.347 e. The number of carbonyl (C=O) groups excluding carboxylic acids is 3. The van der Waals surface area contributed by atoms with Gasteiger partial charge in [0.1, 0.15) is 0 Å². The third-order valence-electron chi connectivity index (χ3n) is 4.95. The number of Topliss-reactive ketones (excluding diaryl/α,β-unsaturated/α-hetero) is 1. The number of nitrogens with one attached hydrogen (secondary N) is 1. The zero-order valence-corrected chi connectivity index (χ0v) is 18.9. The molecule has 0 radical (unpaired) electrons. The Morgan fingerprint density at radius 2 is 1.21 bits per heavy atom. The van der Waals surface area contributed by atoms with E-state index in [9.17, 15) is 14.4 Å². The summed E-state index contributed by atoms with van der Waals surface area (Å²) in [4.78, 5) is 41.2. The molecule has 0 bridgehead atoms. The summed E-state index contributed by atoms with van der Waals surface area (Å²) in [6.07, 6.45) is 0. The van der Waals surface area contributed by atoms with Crippen molar-refractivity contribution in [1.82, 2.24) is 10.2 Å². The zero-order chi connectivity index (χ0) is 24.1. The maximum Gasteiger partial charge on any atom is 0.327 e. The molecular weight excluding hydrogens is 419 g/mol. The van der Waals surface area contributed by atoms with E-state index >= 15 is 4.39 Å². The number of benzene rings is 3. The molecule has 2 amide bonds. The monoisotopic (exact) mass is 446 g/mol. The van der Waals surface area contributed by atoms with Crippen molar-refractivity contribution in [2.24, 2.45) is 0 Å². The Bertz CT molecular complexity index is 1110. The van der Waals surface area contributed by atoms with Gasteiger partial charge in [-0.25, -0.2) is 0 Å². The van der Waals surface area contributed by atoms with Crippen molar-refractivity contribution in [3.63, 3.8) is 0 Å². The largest absolute Gasteiger partial charge is 0.347 e. The molecule has 3 aromatic carbocycles. The number of halogens is 1. The lowest BCUT2D eigenvalue weighted by Crippen LogP contribution is -2.64. The van der Waals surface area contributed by atoms with Gasteiger partial charge < -0.3 is 5.32 Å². The van der Waals surface area contributed by atoms with E-state index in [0.717, 1.165) is 0 Å². The Morgan fingerprint density at radius 3 is 1.70 bits per heavy atom. The lowest BCUT2D eigenvalue weighted by Gasteiger charge is -2.37. The van der Waals surface area contributed by atoms with Crippen molar-refractivity contribution in [3.05, 3.63) is 108 Å². The summed E-state index contributed by atoms with van der Waals surface area (Å²) in [5, 5.41) is 2.55. The molecule has 1 atom stereocenters. The van der Waals surface area contributed by atoms with Crippen LogP contribution in [-0.2, 0) is 11.3 Å². The second kappa shape index (κ2) is 9.77. The first kappa shape index (κ1) is 23.9. The van der Waals surface area contributed by atoms with Crippen LogP contribution in [-0.4, -0.2) is 33.8 Å². The highest BCUT2D eigenvalue weighted by molar-refractivity contribution is 6.19. The van der Waals surface area contributed by atoms with Gasteiger partial charge in [0.2, 0.25) is 5.78 Å². The van der Waals surface area contributed by atoms with Crippen LogP contribution < -0.4 is 5.32 Å². The molecule has 0 fully saturated rings. The van der Waals surface area contributed by atoms with Crippen molar-refractivity contribution in [2.45, 2.75) is 38.6 Å². The number of amides is 2. The molecule has 1 unspecified atom stereocenters. The number of hydrogen-bond donors (Lipinski definition) is 1. The van der Waals surface area contributed by atoms with Gasteiger partial charge in [-0.05, 0) is 38.5 Å². The van der Waals surface area contributed by atoms with E-state index in [1.165, 1.54) is 24.3 Å². The second-order valence-corrected chi connectivity index (χ2v) is 8.76. The fraction of sp³-hybridized carbons (Fsp3) is 0.222. The number of nitrogens with zero attached hydrogens (tertiary/aromatic N) is 1. The molecular formula is C27H27FN2O3. The predicted molar refractivity (Wildman–Crippen MR) is 125 cm³/mol. The van der Waals surface area contributed by atoms with Crippen LogP contribution in [0.15, 0.2) is 91.0 Å². The van der Waals surface area contributed by atoms with E-state index in [2.05, 4.69) is 5.32 Å². The summed E-state index contributed by atoms with van der Waals surface area (Å²) in [6, 6.07) is 24.4. The molecule has 0 saturated carbocycles. The zero-order valence-electron chi connectivity index (χ0n) is 18.9. The SMILES string of the molecule is CC(C)(C)NC(=O)C(F)(C(=O)c1ccccc1)N(Cc1ccccc1)C(=O)c1ccccc1. The van der Waals surface area contributed by atoms with E-state index in [1.54, 1.807) is 87.5 Å². The van der Waals surface area contributed by atoms with Crippen LogP contribution in [0.5, 0.6) is 0 Å². The molecule has 0 aliphatic heterocycles. The number of rotatable bonds is 7. The highest BCUT2D eigenvalue weighted by Crippen LogP contribution is 2.29. The van der Waals surface area contributed by atoms with E-state index in [-0.39, 0.29) is 17.7 Å². The van der Waals surface area contributed by atoms with Gasteiger partial charge in [-0.2, -0.15) is 4.39 Å². The molecule has 0 aromatic heterocycles. The standard InChI is InChI=1S/C27H27FN2O3/c1-26(2,3)29-25(33)27(28,23(31)21-15-9-5-10-16-21)30(19-20-13-7-4-8-14-20)24(32)22-17-11-6-12-18-22/h4-18H,19H2,1-3H3,(H,29,33). The van der Waals surface area contributed by atoms with Gasteiger partial charge in [0, 0.05) is 16.7 Å². The maximum atomic E-state index is 17.0. The highest BCUT2D eigenvalue weighted by Gasteiger charge is 2.55. The van der Waals surface area contributed by atoms with Crippen molar-refractivity contribution >= 4 is 17.6 Å². The van der Waals surface area contributed by atoms with Crippen molar-refractivity contribution in [3.8, 4) is 0 Å². The molecule has 3 aromatic rings. The minimum atomic E-state index is -3.28. The van der Waals surface area contributed by atoms with Crippen LogP contribution >= 0.6 is 0 Å². The fourth-order valence-corrected chi connectivity index (χ4v) is 3.38. The molecule has 1 N–H and O–H groups in total. The van der Waals surface area contributed by atoms with Crippen LogP contribution in [0.4, 0.5) is 4.39 Å². The molecule has 0 spiro atoms. The molecule has 6 heteroatoms. The molecule has 33 heavy (non-hydrogen) atoms. The maximum absolute atomic E-state index is 17.0. The predicted octanol–water partition coefficient (Wildman–Crippen LogP) is 4.79. The Hall–Kier alpha value is -3.80. The third kappa shape index (κ3) is 5.52. The van der Waals surface area contributed by atoms with Gasteiger partial charge in [0.15, 0.2) is 0 Å². The second-order valence-electron chi connectivity index (χ2n) is 8.76. The molecule has 5 nitrogen and oxygen atoms in total. The number of hydrogen-bond acceptors (Lipinski definition) is 3. The van der Waals surface area contributed by atoms with Crippen LogP contribution in [0, 0.1) is 0 Å². The lowest BCUT2D eigenvalue weighted by atomic mass is 9.96. The highest BCUT2D eigenvalue weighted by atomic mass is 19.1. The topological polar surface area (TPSA) is 66.5 Å². The first-order chi connectivity index (χ1) is 15.6. The molecule has 0 aliphatic carbocycles.